The number of nitrogens with two attached hydrogens (primary N) is 1. The highest BCUT2D eigenvalue weighted by Gasteiger charge is 2.07. The summed E-state index contributed by atoms with van der Waals surface area (Å²) in [5.41, 5.74) is 6.96. The Kier molecular flexibility index (Phi) is 12.1. The van der Waals surface area contributed by atoms with Gasteiger partial charge in [-0.05, 0) is 49.2 Å². The minimum Gasteiger partial charge on any atom is -0.511 e. The Hall–Kier alpha value is -0.380. The second kappa shape index (κ2) is 12.4. The van der Waals surface area contributed by atoms with Crippen LogP contribution in [0.25, 0.3) is 0 Å². The fourth-order valence-corrected chi connectivity index (χ4v) is 3.02. The van der Waals surface area contributed by atoms with Gasteiger partial charge in [0.05, 0.1) is 6.04 Å². The molecule has 1 atom stereocenters. The summed E-state index contributed by atoms with van der Waals surface area (Å²) in [5, 5.41) is 10.0. The fraction of sp³-hybridized carbons (Fsp3) is 0.625. The predicted molar refractivity (Wildman–Crippen MR) is 93.5 cm³/mol. The van der Waals surface area contributed by atoms with Crippen molar-refractivity contribution in [3.8, 4) is 0 Å². The lowest BCUT2D eigenvalue weighted by molar-refractivity contribution is 0.367. The van der Waals surface area contributed by atoms with Crippen LogP contribution in [0.3, 0.4) is 0 Å². The van der Waals surface area contributed by atoms with Crippen molar-refractivity contribution in [3.05, 3.63) is 35.1 Å². The first-order valence-electron chi connectivity index (χ1n) is 7.37. The monoisotopic (exact) mass is 317 g/mol. The predicted octanol–water partition coefficient (Wildman–Crippen LogP) is 5.16. The maximum atomic E-state index is 9.07. The first-order valence-corrected chi connectivity index (χ1v) is 8.90. The van der Waals surface area contributed by atoms with E-state index in [4.69, 9.17) is 22.4 Å². The molecule has 4 heteroatoms. The van der Waals surface area contributed by atoms with Crippen LogP contribution in [0.5, 0.6) is 0 Å². The van der Waals surface area contributed by atoms with Crippen molar-refractivity contribution >= 4 is 23.4 Å². The lowest BCUT2D eigenvalue weighted by Crippen LogP contribution is -2.22. The molecule has 0 fully saturated rings. The summed E-state index contributed by atoms with van der Waals surface area (Å²) in [6.07, 6.45) is 9.51. The molecule has 1 aliphatic rings. The number of hydrogen-bond acceptors (Lipinski definition) is 3. The summed E-state index contributed by atoms with van der Waals surface area (Å²) in [6.45, 7) is 7.43. The van der Waals surface area contributed by atoms with E-state index in [0.29, 0.717) is 0 Å². The Labute approximate surface area is 133 Å². The molecular formula is C16H28ClNOS. The van der Waals surface area contributed by atoms with E-state index in [1.807, 2.05) is 25.6 Å². The van der Waals surface area contributed by atoms with E-state index in [1.54, 1.807) is 0 Å². The molecule has 1 rings (SSSR count). The van der Waals surface area contributed by atoms with Crippen LogP contribution in [-0.4, -0.2) is 22.7 Å². The number of hydrogen-bond donors (Lipinski definition) is 2. The first kappa shape index (κ1) is 19.6. The van der Waals surface area contributed by atoms with E-state index >= 15 is 0 Å². The summed E-state index contributed by atoms with van der Waals surface area (Å²) in [6, 6.07) is -0.282. The molecule has 1 aliphatic carbocycles. The summed E-state index contributed by atoms with van der Waals surface area (Å²) in [4.78, 5) is 0. The van der Waals surface area contributed by atoms with Crippen molar-refractivity contribution in [2.24, 2.45) is 5.73 Å². The number of allylic oxidation sites excluding steroid dienone is 4. The molecule has 0 amide bonds. The maximum absolute atomic E-state index is 9.07. The van der Waals surface area contributed by atoms with Gasteiger partial charge in [0.1, 0.15) is 5.76 Å². The molecule has 0 aromatic rings. The smallest absolute Gasteiger partial charge is 0.102 e. The minimum atomic E-state index is -0.282. The number of halogens is 1. The van der Waals surface area contributed by atoms with Gasteiger partial charge in [0.25, 0.3) is 0 Å². The molecule has 20 heavy (non-hydrogen) atoms. The summed E-state index contributed by atoms with van der Waals surface area (Å²) < 4.78 is 0. The van der Waals surface area contributed by atoms with E-state index < -0.39 is 0 Å². The highest BCUT2D eigenvalue weighted by molar-refractivity contribution is 7.99. The molecule has 0 bridgehead atoms. The van der Waals surface area contributed by atoms with Gasteiger partial charge >= 0.3 is 0 Å². The second-order valence-corrected chi connectivity index (χ2v) is 6.09. The molecule has 0 aromatic heterocycles. The molecule has 0 saturated heterocycles. The third-order valence-corrected chi connectivity index (χ3v) is 4.42. The molecule has 0 radical (unpaired) electrons. The fourth-order valence-electron chi connectivity index (χ4n) is 1.76. The van der Waals surface area contributed by atoms with Crippen LogP contribution >= 0.6 is 23.4 Å². The molecule has 3 N–H and O–H groups in total. The first-order chi connectivity index (χ1) is 9.61. The molecule has 116 valence electrons. The summed E-state index contributed by atoms with van der Waals surface area (Å²) >= 11 is 8.00. The van der Waals surface area contributed by atoms with Gasteiger partial charge in [0, 0.05) is 5.03 Å². The van der Waals surface area contributed by atoms with E-state index in [1.165, 1.54) is 5.57 Å². The largest absolute Gasteiger partial charge is 0.511 e. The van der Waals surface area contributed by atoms with Gasteiger partial charge in [-0.2, -0.15) is 11.8 Å². The number of rotatable bonds is 8. The van der Waals surface area contributed by atoms with Crippen LogP contribution in [0.1, 0.15) is 46.0 Å². The lowest BCUT2D eigenvalue weighted by atomic mass is 10.0. The molecule has 1 unspecified atom stereocenters. The molecule has 2 nitrogen and oxygen atoms in total. The van der Waals surface area contributed by atoms with Gasteiger partial charge < -0.3 is 10.8 Å². The van der Waals surface area contributed by atoms with Crippen LogP contribution in [0.2, 0.25) is 0 Å². The zero-order valence-electron chi connectivity index (χ0n) is 12.7. The molecule has 0 heterocycles. The van der Waals surface area contributed by atoms with Gasteiger partial charge in [-0.25, -0.2) is 0 Å². The van der Waals surface area contributed by atoms with Crippen molar-refractivity contribution in [1.82, 2.24) is 0 Å². The van der Waals surface area contributed by atoms with Crippen LogP contribution in [0, 0.1) is 0 Å². The Bertz CT molecular complexity index is 339. The number of aliphatic hydroxyl groups excluding tert-OH is 1. The lowest BCUT2D eigenvalue weighted by Gasteiger charge is -2.11. The van der Waals surface area contributed by atoms with Gasteiger partial charge in [-0.3, -0.25) is 0 Å². The molecule has 0 spiro atoms. The average Bonchev–Trinajstić information content (AvgIpc) is 2.46. The van der Waals surface area contributed by atoms with Crippen molar-refractivity contribution in [3.63, 3.8) is 0 Å². The number of thioether (sulfide) groups is 1. The van der Waals surface area contributed by atoms with E-state index in [0.717, 1.165) is 48.6 Å². The summed E-state index contributed by atoms with van der Waals surface area (Å²) in [7, 11) is 0. The third kappa shape index (κ3) is 8.72. The van der Waals surface area contributed by atoms with Crippen molar-refractivity contribution in [2.45, 2.75) is 52.0 Å². The standard InChI is InChI=1S/C14H22ClNOS.C2H6/c1-11(17)14(16)8-10-18-9-4-6-12-5-2-3-7-13(12)15;1-2/h5,7,14,17H,1-4,6,8-10,16H2;1-2H3. The summed E-state index contributed by atoms with van der Waals surface area (Å²) in [5.74, 6) is 2.15. The van der Waals surface area contributed by atoms with Gasteiger partial charge in [-0.15, -0.1) is 0 Å². The topological polar surface area (TPSA) is 46.2 Å². The zero-order valence-corrected chi connectivity index (χ0v) is 14.3. The van der Waals surface area contributed by atoms with Gasteiger partial charge in [0.2, 0.25) is 0 Å². The molecule has 0 aromatic carbocycles. The van der Waals surface area contributed by atoms with Crippen LogP contribution < -0.4 is 5.73 Å². The normalized spacial score (nSPS) is 15.6. The SMILES string of the molecule is C=C(O)C(N)CCSCCCC1=CCCC=C1Cl.CC. The van der Waals surface area contributed by atoms with Crippen LogP contribution in [-0.2, 0) is 0 Å². The van der Waals surface area contributed by atoms with Crippen molar-refractivity contribution in [2.75, 3.05) is 11.5 Å². The maximum Gasteiger partial charge on any atom is 0.102 e. The Morgan fingerprint density at radius 3 is 2.65 bits per heavy atom. The third-order valence-electron chi connectivity index (χ3n) is 2.92. The minimum absolute atomic E-state index is 0.0832. The van der Waals surface area contributed by atoms with Crippen LogP contribution in [0.4, 0.5) is 0 Å². The molecule has 0 aliphatic heterocycles. The van der Waals surface area contributed by atoms with E-state index in [9.17, 15) is 0 Å². The Morgan fingerprint density at radius 2 is 2.05 bits per heavy atom. The number of aliphatic hydroxyl groups is 1. The quantitative estimate of drug-likeness (QED) is 0.480. The molecular weight excluding hydrogens is 290 g/mol. The van der Waals surface area contributed by atoms with Gasteiger partial charge in [-0.1, -0.05) is 44.2 Å². The Morgan fingerprint density at radius 1 is 1.40 bits per heavy atom. The zero-order chi connectivity index (χ0) is 15.4. The van der Waals surface area contributed by atoms with E-state index in [2.05, 4.69) is 18.7 Å². The highest BCUT2D eigenvalue weighted by atomic mass is 35.5. The molecule has 0 saturated carbocycles. The Balaban J connectivity index is 0.00000172. The van der Waals surface area contributed by atoms with Crippen LogP contribution in [0.15, 0.2) is 35.1 Å². The van der Waals surface area contributed by atoms with E-state index in [-0.39, 0.29) is 11.8 Å². The van der Waals surface area contributed by atoms with Gasteiger partial charge in [0.15, 0.2) is 0 Å². The average molecular weight is 318 g/mol. The second-order valence-electron chi connectivity index (χ2n) is 4.46. The van der Waals surface area contributed by atoms with Crippen molar-refractivity contribution in [1.29, 1.82) is 0 Å². The highest BCUT2D eigenvalue weighted by Crippen LogP contribution is 2.26. The van der Waals surface area contributed by atoms with Crippen molar-refractivity contribution < 1.29 is 5.11 Å².